The number of hydrogen-bond acceptors (Lipinski definition) is 4. The zero-order chi connectivity index (χ0) is 19.9. The van der Waals surface area contributed by atoms with E-state index < -0.39 is 0 Å². The molecule has 2 fully saturated rings. The molecule has 0 N–H and O–H groups in total. The van der Waals surface area contributed by atoms with Crippen molar-refractivity contribution < 1.29 is 19.1 Å². The third-order valence-electron chi connectivity index (χ3n) is 5.32. The molecule has 6 nitrogen and oxygen atoms in total. The summed E-state index contributed by atoms with van der Waals surface area (Å²) in [6.07, 6.45) is 1.28. The van der Waals surface area contributed by atoms with E-state index in [0.717, 1.165) is 18.4 Å². The maximum Gasteiger partial charge on any atom is 0.242 e. The van der Waals surface area contributed by atoms with E-state index in [4.69, 9.17) is 9.47 Å². The molecule has 0 bridgehead atoms. The maximum atomic E-state index is 13.0. The number of rotatable bonds is 6. The Bertz CT molecular complexity index is 643. The summed E-state index contributed by atoms with van der Waals surface area (Å²) in [7, 11) is 0. The lowest BCUT2D eigenvalue weighted by atomic mass is 9.98. The van der Waals surface area contributed by atoms with E-state index in [1.807, 2.05) is 35.2 Å². The molecule has 154 valence electrons. The fourth-order valence-electron chi connectivity index (χ4n) is 3.86. The second kappa shape index (κ2) is 10.0. The smallest absolute Gasteiger partial charge is 0.242 e. The monoisotopic (exact) mass is 388 g/mol. The lowest BCUT2D eigenvalue weighted by Crippen LogP contribution is -2.44. The molecule has 1 aromatic carbocycles. The minimum Gasteiger partial charge on any atom is -0.381 e. The van der Waals surface area contributed by atoms with Crippen molar-refractivity contribution in [3.05, 3.63) is 35.9 Å². The lowest BCUT2D eigenvalue weighted by Gasteiger charge is -2.29. The first-order valence-electron chi connectivity index (χ1n) is 10.3. The molecule has 0 radical (unpaired) electrons. The highest BCUT2D eigenvalue weighted by Gasteiger charge is 2.34. The van der Waals surface area contributed by atoms with Crippen LogP contribution in [0.25, 0.3) is 0 Å². The van der Waals surface area contributed by atoms with Crippen LogP contribution in [0.15, 0.2) is 30.3 Å². The molecule has 1 atom stereocenters. The van der Waals surface area contributed by atoms with Gasteiger partial charge in [-0.1, -0.05) is 44.2 Å². The summed E-state index contributed by atoms with van der Waals surface area (Å²) >= 11 is 0. The van der Waals surface area contributed by atoms with Crippen molar-refractivity contribution in [3.63, 3.8) is 0 Å². The van der Waals surface area contributed by atoms with Crippen LogP contribution in [-0.4, -0.2) is 67.1 Å². The quantitative estimate of drug-likeness (QED) is 0.751. The molecule has 2 aliphatic rings. The summed E-state index contributed by atoms with van der Waals surface area (Å²) in [5.41, 5.74) is 1.09. The summed E-state index contributed by atoms with van der Waals surface area (Å²) in [5.74, 6) is 0.403. The summed E-state index contributed by atoms with van der Waals surface area (Å²) in [5, 5.41) is 0. The molecule has 0 saturated carbocycles. The van der Waals surface area contributed by atoms with Crippen LogP contribution in [0, 0.1) is 11.8 Å². The summed E-state index contributed by atoms with van der Waals surface area (Å²) in [4.78, 5) is 29.4. The Balaban J connectivity index is 1.69. The van der Waals surface area contributed by atoms with Gasteiger partial charge >= 0.3 is 0 Å². The molecule has 2 heterocycles. The number of hydrogen-bond donors (Lipinski definition) is 0. The Labute approximate surface area is 167 Å². The van der Waals surface area contributed by atoms with Crippen LogP contribution in [0.2, 0.25) is 0 Å². The highest BCUT2D eigenvalue weighted by Crippen LogP contribution is 2.20. The standard InChI is InChI=1S/C22H32N2O4/c1-17(2)12-23-13-20(28-16-18-6-4-3-5-7-18)14-24(15-21(23)25)22(26)19-8-10-27-11-9-19/h3-7,17,19-20H,8-16H2,1-2H3. The molecule has 6 heteroatoms. The summed E-state index contributed by atoms with van der Waals surface area (Å²) in [6, 6.07) is 10.0. The van der Waals surface area contributed by atoms with Gasteiger partial charge in [-0.25, -0.2) is 0 Å². The SMILES string of the molecule is CC(C)CN1CC(OCc2ccccc2)CN(C(=O)C2CCOCC2)CC1=O. The van der Waals surface area contributed by atoms with Crippen LogP contribution in [0.4, 0.5) is 0 Å². The number of nitrogens with zero attached hydrogens (tertiary/aromatic N) is 2. The van der Waals surface area contributed by atoms with Gasteiger partial charge in [-0.15, -0.1) is 0 Å². The molecule has 0 aromatic heterocycles. The van der Waals surface area contributed by atoms with Crippen molar-refractivity contribution in [2.24, 2.45) is 11.8 Å². The van der Waals surface area contributed by atoms with E-state index in [0.29, 0.717) is 45.4 Å². The van der Waals surface area contributed by atoms with E-state index in [-0.39, 0.29) is 30.4 Å². The van der Waals surface area contributed by atoms with Crippen LogP contribution < -0.4 is 0 Å². The molecule has 2 amide bonds. The number of ether oxygens (including phenoxy) is 2. The average Bonchev–Trinajstić information content (AvgIpc) is 2.86. The Morgan fingerprint density at radius 1 is 1.18 bits per heavy atom. The van der Waals surface area contributed by atoms with Crippen LogP contribution in [0.1, 0.15) is 32.3 Å². The molecule has 28 heavy (non-hydrogen) atoms. The van der Waals surface area contributed by atoms with Gasteiger partial charge in [-0.2, -0.15) is 0 Å². The molecule has 1 aromatic rings. The molecule has 1 unspecified atom stereocenters. The largest absolute Gasteiger partial charge is 0.381 e. The Morgan fingerprint density at radius 3 is 2.57 bits per heavy atom. The van der Waals surface area contributed by atoms with Crippen LogP contribution in [-0.2, 0) is 25.7 Å². The van der Waals surface area contributed by atoms with Crippen molar-refractivity contribution in [2.75, 3.05) is 39.4 Å². The third-order valence-corrected chi connectivity index (χ3v) is 5.32. The minimum absolute atomic E-state index is 0.0138. The van der Waals surface area contributed by atoms with Crippen LogP contribution in [0.5, 0.6) is 0 Å². The molecule has 3 rings (SSSR count). The van der Waals surface area contributed by atoms with Gasteiger partial charge in [0.2, 0.25) is 11.8 Å². The fourth-order valence-corrected chi connectivity index (χ4v) is 3.86. The Morgan fingerprint density at radius 2 is 1.89 bits per heavy atom. The van der Waals surface area contributed by atoms with E-state index in [1.54, 1.807) is 4.90 Å². The molecular weight excluding hydrogens is 356 g/mol. The Hall–Kier alpha value is -1.92. The second-order valence-electron chi connectivity index (χ2n) is 8.22. The number of carbonyl (C=O) groups is 2. The summed E-state index contributed by atoms with van der Waals surface area (Å²) in [6.45, 7) is 7.74. The predicted octanol–water partition coefficient (Wildman–Crippen LogP) is 2.33. The van der Waals surface area contributed by atoms with E-state index in [2.05, 4.69) is 13.8 Å². The van der Waals surface area contributed by atoms with Crippen molar-refractivity contribution in [2.45, 2.75) is 39.4 Å². The van der Waals surface area contributed by atoms with Crippen molar-refractivity contribution in [1.29, 1.82) is 0 Å². The molecule has 0 spiro atoms. The van der Waals surface area contributed by atoms with Crippen molar-refractivity contribution in [3.8, 4) is 0 Å². The predicted molar refractivity (Wildman–Crippen MR) is 107 cm³/mol. The van der Waals surface area contributed by atoms with Gasteiger partial charge in [0.1, 0.15) is 0 Å². The number of carbonyl (C=O) groups excluding carboxylic acids is 2. The molecule has 2 aliphatic heterocycles. The van der Waals surface area contributed by atoms with Crippen LogP contribution in [0.3, 0.4) is 0 Å². The number of amides is 2. The highest BCUT2D eigenvalue weighted by molar-refractivity contribution is 5.86. The van der Waals surface area contributed by atoms with E-state index in [1.165, 1.54) is 0 Å². The molecular formula is C22H32N2O4. The average molecular weight is 389 g/mol. The van der Waals surface area contributed by atoms with Gasteiger partial charge in [0.15, 0.2) is 0 Å². The van der Waals surface area contributed by atoms with Crippen molar-refractivity contribution >= 4 is 11.8 Å². The number of benzene rings is 1. The zero-order valence-corrected chi connectivity index (χ0v) is 17.0. The first kappa shape index (κ1) is 20.8. The topological polar surface area (TPSA) is 59.1 Å². The first-order valence-corrected chi connectivity index (χ1v) is 10.3. The zero-order valence-electron chi connectivity index (χ0n) is 17.0. The normalized spacial score (nSPS) is 21.8. The third kappa shape index (κ3) is 5.79. The molecule has 0 aliphatic carbocycles. The minimum atomic E-state index is -0.186. The van der Waals surface area contributed by atoms with Gasteiger partial charge in [0, 0.05) is 38.8 Å². The fraction of sp³-hybridized carbons (Fsp3) is 0.636. The second-order valence-corrected chi connectivity index (χ2v) is 8.22. The summed E-state index contributed by atoms with van der Waals surface area (Å²) < 4.78 is 11.5. The van der Waals surface area contributed by atoms with Crippen molar-refractivity contribution in [1.82, 2.24) is 9.80 Å². The Kier molecular flexibility index (Phi) is 7.45. The van der Waals surface area contributed by atoms with Gasteiger partial charge < -0.3 is 19.3 Å². The molecule has 2 saturated heterocycles. The van der Waals surface area contributed by atoms with Gasteiger partial charge in [0.25, 0.3) is 0 Å². The van der Waals surface area contributed by atoms with Gasteiger partial charge in [-0.3, -0.25) is 9.59 Å². The van der Waals surface area contributed by atoms with Crippen LogP contribution >= 0.6 is 0 Å². The van der Waals surface area contributed by atoms with E-state index >= 15 is 0 Å². The van der Waals surface area contributed by atoms with Gasteiger partial charge in [-0.05, 0) is 24.3 Å². The maximum absolute atomic E-state index is 13.0. The highest BCUT2D eigenvalue weighted by atomic mass is 16.5. The first-order chi connectivity index (χ1) is 13.5. The van der Waals surface area contributed by atoms with E-state index in [9.17, 15) is 9.59 Å². The van der Waals surface area contributed by atoms with Gasteiger partial charge in [0.05, 0.1) is 19.3 Å². The lowest BCUT2D eigenvalue weighted by molar-refractivity contribution is -0.143.